The van der Waals surface area contributed by atoms with Crippen LogP contribution < -0.4 is 21.7 Å². The molecule has 1 aromatic carbocycles. The smallest absolute Gasteiger partial charge is 0.303 e. The van der Waals surface area contributed by atoms with Gasteiger partial charge in [0.05, 0.1) is 6.42 Å². The first-order valence-corrected chi connectivity index (χ1v) is 9.05. The van der Waals surface area contributed by atoms with Crippen molar-refractivity contribution in [2.45, 2.75) is 51.2 Å². The Morgan fingerprint density at radius 3 is 2.00 bits per heavy atom. The average Bonchev–Trinajstić information content (AvgIpc) is 2.66. The summed E-state index contributed by atoms with van der Waals surface area (Å²) in [7, 11) is 0. The van der Waals surface area contributed by atoms with Gasteiger partial charge in [0.1, 0.15) is 18.1 Å². The van der Waals surface area contributed by atoms with Crippen LogP contribution in [-0.4, -0.2) is 52.8 Å². The first-order chi connectivity index (χ1) is 13.6. The summed E-state index contributed by atoms with van der Waals surface area (Å²) < 4.78 is 0. The number of benzene rings is 1. The number of carbonyl (C=O) groups is 5. The number of nitrogens with one attached hydrogen (secondary N) is 3. The van der Waals surface area contributed by atoms with Crippen LogP contribution in [0.1, 0.15) is 32.3 Å². The summed E-state index contributed by atoms with van der Waals surface area (Å²) >= 11 is 0. The molecule has 3 atom stereocenters. The maximum atomic E-state index is 12.3. The van der Waals surface area contributed by atoms with Crippen molar-refractivity contribution in [2.75, 3.05) is 0 Å². The van der Waals surface area contributed by atoms with Gasteiger partial charge in [-0.05, 0) is 19.4 Å². The standard InChI is InChI=1S/C19H26N4O6/c1-11(21-15(24)8-9-16(25)26)18(28)22-12(2)19(29)23-14(17(20)27)10-13-6-4-3-5-7-13/h3-7,11-12,14H,8-10H2,1-2H3,(H2,20,27)(H,21,24)(H,22,28)(H,23,29)(H,25,26)/t11-,12-,14-/m0/s1. The zero-order valence-electron chi connectivity index (χ0n) is 16.3. The number of hydrogen-bond acceptors (Lipinski definition) is 5. The van der Waals surface area contributed by atoms with Gasteiger partial charge in [0.15, 0.2) is 0 Å². The van der Waals surface area contributed by atoms with E-state index in [0.717, 1.165) is 5.56 Å². The highest BCUT2D eigenvalue weighted by atomic mass is 16.4. The van der Waals surface area contributed by atoms with E-state index < -0.39 is 47.7 Å². The maximum absolute atomic E-state index is 12.3. The molecule has 0 unspecified atom stereocenters. The third kappa shape index (κ3) is 8.87. The molecule has 158 valence electrons. The minimum atomic E-state index is -1.12. The Kier molecular flexibility index (Phi) is 9.30. The number of rotatable bonds is 11. The molecule has 10 heteroatoms. The zero-order chi connectivity index (χ0) is 22.0. The number of primary amides is 1. The number of aliphatic carboxylic acids is 1. The second-order valence-corrected chi connectivity index (χ2v) is 6.57. The zero-order valence-corrected chi connectivity index (χ0v) is 16.3. The Morgan fingerprint density at radius 2 is 1.45 bits per heavy atom. The molecule has 6 N–H and O–H groups in total. The van der Waals surface area contributed by atoms with Gasteiger partial charge in [0.25, 0.3) is 0 Å². The minimum absolute atomic E-state index is 0.207. The highest BCUT2D eigenvalue weighted by molar-refractivity contribution is 5.93. The van der Waals surface area contributed by atoms with Crippen molar-refractivity contribution in [1.29, 1.82) is 0 Å². The van der Waals surface area contributed by atoms with E-state index in [4.69, 9.17) is 10.8 Å². The Balaban J connectivity index is 2.56. The number of carboxylic acid groups (broad SMARTS) is 1. The second-order valence-electron chi connectivity index (χ2n) is 6.57. The summed E-state index contributed by atoms with van der Waals surface area (Å²) in [6, 6.07) is 6.10. The maximum Gasteiger partial charge on any atom is 0.303 e. The molecule has 1 aromatic rings. The van der Waals surface area contributed by atoms with E-state index in [9.17, 15) is 24.0 Å². The van der Waals surface area contributed by atoms with Crippen LogP contribution >= 0.6 is 0 Å². The van der Waals surface area contributed by atoms with Crippen LogP contribution in [0.25, 0.3) is 0 Å². The van der Waals surface area contributed by atoms with Gasteiger partial charge >= 0.3 is 5.97 Å². The fourth-order valence-corrected chi connectivity index (χ4v) is 2.37. The van der Waals surface area contributed by atoms with Crippen molar-refractivity contribution < 1.29 is 29.1 Å². The Bertz CT molecular complexity index is 752. The lowest BCUT2D eigenvalue weighted by atomic mass is 10.1. The highest BCUT2D eigenvalue weighted by Crippen LogP contribution is 2.03. The van der Waals surface area contributed by atoms with Gasteiger partial charge in [-0.1, -0.05) is 30.3 Å². The van der Waals surface area contributed by atoms with Gasteiger partial charge in [0.2, 0.25) is 23.6 Å². The highest BCUT2D eigenvalue weighted by Gasteiger charge is 2.25. The van der Waals surface area contributed by atoms with Crippen molar-refractivity contribution in [3.8, 4) is 0 Å². The summed E-state index contributed by atoms with van der Waals surface area (Å²) in [5.41, 5.74) is 6.17. The molecule has 0 bridgehead atoms. The van der Waals surface area contributed by atoms with E-state index in [0.29, 0.717) is 0 Å². The van der Waals surface area contributed by atoms with Crippen LogP contribution in [0.3, 0.4) is 0 Å². The van der Waals surface area contributed by atoms with Crippen molar-refractivity contribution in [2.24, 2.45) is 5.73 Å². The minimum Gasteiger partial charge on any atom is -0.481 e. The number of carbonyl (C=O) groups excluding carboxylic acids is 4. The Labute approximate surface area is 168 Å². The number of carboxylic acids is 1. The molecule has 29 heavy (non-hydrogen) atoms. The van der Waals surface area contributed by atoms with Gasteiger partial charge in [-0.25, -0.2) is 0 Å². The normalized spacial score (nSPS) is 13.4. The lowest BCUT2D eigenvalue weighted by Crippen LogP contribution is -2.55. The fourth-order valence-electron chi connectivity index (χ4n) is 2.37. The van der Waals surface area contributed by atoms with E-state index in [-0.39, 0.29) is 19.3 Å². The van der Waals surface area contributed by atoms with Crippen LogP contribution in [-0.2, 0) is 30.4 Å². The molecule has 0 saturated carbocycles. The third-order valence-corrected chi connectivity index (χ3v) is 4.03. The first-order valence-electron chi connectivity index (χ1n) is 9.05. The van der Waals surface area contributed by atoms with Crippen molar-refractivity contribution in [3.63, 3.8) is 0 Å². The molecule has 0 aliphatic carbocycles. The average molecular weight is 406 g/mol. The summed E-state index contributed by atoms with van der Waals surface area (Å²) in [6.07, 6.45) is -0.406. The SMILES string of the molecule is C[C@H](NC(=O)CCC(=O)O)C(=O)N[C@@H](C)C(=O)N[C@@H](Cc1ccccc1)C(N)=O. The van der Waals surface area contributed by atoms with Crippen LogP contribution in [0.15, 0.2) is 30.3 Å². The molecular weight excluding hydrogens is 380 g/mol. The molecule has 0 heterocycles. The number of nitrogens with two attached hydrogens (primary N) is 1. The van der Waals surface area contributed by atoms with Crippen LogP contribution in [0, 0.1) is 0 Å². The van der Waals surface area contributed by atoms with E-state index in [1.54, 1.807) is 24.3 Å². The molecule has 0 aliphatic heterocycles. The van der Waals surface area contributed by atoms with Gasteiger partial charge < -0.3 is 26.8 Å². The van der Waals surface area contributed by atoms with Crippen LogP contribution in [0.2, 0.25) is 0 Å². The molecule has 0 aliphatic rings. The predicted octanol–water partition coefficient (Wildman–Crippen LogP) is -0.927. The van der Waals surface area contributed by atoms with Crippen LogP contribution in [0.4, 0.5) is 0 Å². The monoisotopic (exact) mass is 406 g/mol. The quantitative estimate of drug-likeness (QED) is 0.318. The van der Waals surface area contributed by atoms with Gasteiger partial charge in [-0.2, -0.15) is 0 Å². The largest absolute Gasteiger partial charge is 0.481 e. The topological polar surface area (TPSA) is 168 Å². The molecule has 0 fully saturated rings. The first kappa shape index (κ1) is 23.6. The van der Waals surface area contributed by atoms with E-state index >= 15 is 0 Å². The molecular formula is C19H26N4O6. The number of amides is 4. The molecule has 1 rings (SSSR count). The molecule has 0 radical (unpaired) electrons. The summed E-state index contributed by atoms with van der Waals surface area (Å²) in [5.74, 6) is -3.66. The predicted molar refractivity (Wildman–Crippen MR) is 103 cm³/mol. The van der Waals surface area contributed by atoms with Gasteiger partial charge in [0, 0.05) is 12.8 Å². The summed E-state index contributed by atoms with van der Waals surface area (Å²) in [6.45, 7) is 2.83. The van der Waals surface area contributed by atoms with E-state index in [1.807, 2.05) is 6.07 Å². The lowest BCUT2D eigenvalue weighted by molar-refractivity contribution is -0.139. The molecule has 0 aromatic heterocycles. The van der Waals surface area contributed by atoms with Crippen LogP contribution in [0.5, 0.6) is 0 Å². The van der Waals surface area contributed by atoms with Gasteiger partial charge in [-0.15, -0.1) is 0 Å². The second kappa shape index (κ2) is 11.4. The fraction of sp³-hybridized carbons (Fsp3) is 0.421. The summed E-state index contributed by atoms with van der Waals surface area (Å²) in [5, 5.41) is 15.8. The van der Waals surface area contributed by atoms with Crippen molar-refractivity contribution in [3.05, 3.63) is 35.9 Å². The Morgan fingerprint density at radius 1 is 0.897 bits per heavy atom. The Hall–Kier alpha value is -3.43. The molecule has 10 nitrogen and oxygen atoms in total. The molecule has 4 amide bonds. The van der Waals surface area contributed by atoms with E-state index in [1.165, 1.54) is 13.8 Å². The summed E-state index contributed by atoms with van der Waals surface area (Å²) in [4.78, 5) is 58.2. The van der Waals surface area contributed by atoms with E-state index in [2.05, 4.69) is 16.0 Å². The van der Waals surface area contributed by atoms with Crippen molar-refractivity contribution in [1.82, 2.24) is 16.0 Å². The number of hydrogen-bond donors (Lipinski definition) is 5. The van der Waals surface area contributed by atoms with Crippen molar-refractivity contribution >= 4 is 29.6 Å². The third-order valence-electron chi connectivity index (χ3n) is 4.03. The lowest BCUT2D eigenvalue weighted by Gasteiger charge is -2.21. The molecule has 0 spiro atoms. The van der Waals surface area contributed by atoms with Gasteiger partial charge in [-0.3, -0.25) is 24.0 Å². The molecule has 0 saturated heterocycles.